The molecule has 1 amide bonds. The molecule has 0 bridgehead atoms. The minimum atomic E-state index is -0.203. The fourth-order valence-corrected chi connectivity index (χ4v) is 2.41. The molecule has 1 aliphatic heterocycles. The van der Waals surface area contributed by atoms with Gasteiger partial charge in [0.25, 0.3) is 0 Å². The molecule has 4 heteroatoms. The van der Waals surface area contributed by atoms with Crippen LogP contribution < -0.4 is 0 Å². The Kier molecular flexibility index (Phi) is 6.53. The van der Waals surface area contributed by atoms with E-state index in [1.165, 1.54) is 0 Å². The Morgan fingerprint density at radius 1 is 1.37 bits per heavy atom. The highest BCUT2D eigenvalue weighted by Gasteiger charge is 2.36. The highest BCUT2D eigenvalue weighted by Crippen LogP contribution is 2.32. The number of aliphatic hydroxyl groups is 1. The van der Waals surface area contributed by atoms with Crippen molar-refractivity contribution >= 4 is 5.91 Å². The third-order valence-electron chi connectivity index (χ3n) is 3.16. The van der Waals surface area contributed by atoms with Gasteiger partial charge in [0.2, 0.25) is 5.91 Å². The summed E-state index contributed by atoms with van der Waals surface area (Å²) in [5, 5.41) is 7.00. The lowest BCUT2D eigenvalue weighted by atomic mass is 10.1. The molecule has 0 spiro atoms. The first kappa shape index (κ1) is 15.7. The maximum atomic E-state index is 11.8. The van der Waals surface area contributed by atoms with E-state index in [-0.39, 0.29) is 18.2 Å². The maximum Gasteiger partial charge on any atom is 0.222 e. The SMILES string of the molecule is CCC[C@H]1CO[C@H](c2ccccc2)N1C(C)=O.CO. The molecule has 2 atom stereocenters. The van der Waals surface area contributed by atoms with Crippen molar-refractivity contribution in [3.8, 4) is 0 Å². The lowest BCUT2D eigenvalue weighted by Crippen LogP contribution is -2.36. The van der Waals surface area contributed by atoms with Gasteiger partial charge in [-0.15, -0.1) is 0 Å². The molecular weight excluding hydrogens is 242 g/mol. The summed E-state index contributed by atoms with van der Waals surface area (Å²) in [6.07, 6.45) is 1.87. The molecule has 4 nitrogen and oxygen atoms in total. The number of aliphatic hydroxyl groups excluding tert-OH is 1. The molecule has 0 aromatic heterocycles. The van der Waals surface area contributed by atoms with E-state index >= 15 is 0 Å². The fraction of sp³-hybridized carbons (Fsp3) is 0.533. The first-order chi connectivity index (χ1) is 9.24. The van der Waals surface area contributed by atoms with Crippen molar-refractivity contribution in [3.05, 3.63) is 35.9 Å². The van der Waals surface area contributed by atoms with Crippen LogP contribution >= 0.6 is 0 Å². The summed E-state index contributed by atoms with van der Waals surface area (Å²) in [5.41, 5.74) is 1.06. The summed E-state index contributed by atoms with van der Waals surface area (Å²) in [4.78, 5) is 13.6. The second-order valence-corrected chi connectivity index (χ2v) is 4.47. The summed E-state index contributed by atoms with van der Waals surface area (Å²) in [7, 11) is 1.00. The third kappa shape index (κ3) is 3.78. The number of rotatable bonds is 3. The standard InChI is InChI=1S/C14H19NO2.CH4O/c1-3-7-13-10-17-14(15(13)11(2)16)12-8-5-4-6-9-12;1-2/h4-6,8-9,13-14H,3,7,10H2,1-2H3;2H,1H3/t13-,14+;/m0./s1. The van der Waals surface area contributed by atoms with Crippen molar-refractivity contribution in [1.82, 2.24) is 4.90 Å². The number of carbonyl (C=O) groups is 1. The summed E-state index contributed by atoms with van der Waals surface area (Å²) in [6, 6.07) is 10.2. The second-order valence-electron chi connectivity index (χ2n) is 4.47. The Morgan fingerprint density at radius 3 is 2.53 bits per heavy atom. The van der Waals surface area contributed by atoms with Gasteiger partial charge in [0, 0.05) is 19.6 Å². The number of nitrogens with zero attached hydrogens (tertiary/aromatic N) is 1. The van der Waals surface area contributed by atoms with Gasteiger partial charge in [-0.25, -0.2) is 0 Å². The molecule has 19 heavy (non-hydrogen) atoms. The lowest BCUT2D eigenvalue weighted by molar-refractivity contribution is -0.135. The zero-order valence-corrected chi connectivity index (χ0v) is 11.9. The van der Waals surface area contributed by atoms with Gasteiger partial charge >= 0.3 is 0 Å². The van der Waals surface area contributed by atoms with E-state index < -0.39 is 0 Å². The minimum absolute atomic E-state index is 0.0924. The van der Waals surface area contributed by atoms with E-state index in [2.05, 4.69) is 6.92 Å². The quantitative estimate of drug-likeness (QED) is 0.912. The number of hydrogen-bond acceptors (Lipinski definition) is 3. The molecule has 2 rings (SSSR count). The number of carbonyl (C=O) groups excluding carboxylic acids is 1. The highest BCUT2D eigenvalue weighted by atomic mass is 16.5. The van der Waals surface area contributed by atoms with E-state index in [0.717, 1.165) is 25.5 Å². The summed E-state index contributed by atoms with van der Waals surface area (Å²) >= 11 is 0. The zero-order valence-electron chi connectivity index (χ0n) is 11.9. The van der Waals surface area contributed by atoms with E-state index in [0.29, 0.717) is 6.61 Å². The van der Waals surface area contributed by atoms with Crippen molar-refractivity contribution in [2.75, 3.05) is 13.7 Å². The van der Waals surface area contributed by atoms with Crippen molar-refractivity contribution < 1.29 is 14.6 Å². The molecule has 0 radical (unpaired) electrons. The van der Waals surface area contributed by atoms with Crippen LogP contribution in [-0.2, 0) is 9.53 Å². The van der Waals surface area contributed by atoms with Crippen LogP contribution in [0.3, 0.4) is 0 Å². The highest BCUT2D eigenvalue weighted by molar-refractivity contribution is 5.74. The fourth-order valence-electron chi connectivity index (χ4n) is 2.41. The maximum absolute atomic E-state index is 11.8. The van der Waals surface area contributed by atoms with Crippen LogP contribution in [0.25, 0.3) is 0 Å². The van der Waals surface area contributed by atoms with Gasteiger partial charge in [-0.3, -0.25) is 4.79 Å². The van der Waals surface area contributed by atoms with Crippen LogP contribution in [0.2, 0.25) is 0 Å². The summed E-state index contributed by atoms with van der Waals surface area (Å²) in [6.45, 7) is 4.40. The predicted octanol–water partition coefficient (Wildman–Crippen LogP) is 2.34. The van der Waals surface area contributed by atoms with Gasteiger partial charge in [0.1, 0.15) is 0 Å². The number of amides is 1. The molecular formula is C15H23NO3. The molecule has 0 saturated carbocycles. The van der Waals surface area contributed by atoms with E-state index in [4.69, 9.17) is 9.84 Å². The Hall–Kier alpha value is -1.39. The van der Waals surface area contributed by atoms with Crippen molar-refractivity contribution in [1.29, 1.82) is 0 Å². The largest absolute Gasteiger partial charge is 0.400 e. The smallest absolute Gasteiger partial charge is 0.222 e. The van der Waals surface area contributed by atoms with E-state index in [1.807, 2.05) is 35.2 Å². The average Bonchev–Trinajstić information content (AvgIpc) is 2.86. The molecule has 0 aliphatic carbocycles. The van der Waals surface area contributed by atoms with Crippen molar-refractivity contribution in [3.63, 3.8) is 0 Å². The molecule has 106 valence electrons. The number of ether oxygens (including phenoxy) is 1. The molecule has 1 saturated heterocycles. The van der Waals surface area contributed by atoms with Gasteiger partial charge in [-0.2, -0.15) is 0 Å². The number of benzene rings is 1. The molecule has 1 fully saturated rings. The Bertz CT molecular complexity index is 380. The normalized spacial score (nSPS) is 21.8. The average molecular weight is 265 g/mol. The van der Waals surface area contributed by atoms with Gasteiger partial charge < -0.3 is 14.7 Å². The molecule has 0 unspecified atom stereocenters. The molecule has 1 aliphatic rings. The van der Waals surface area contributed by atoms with Crippen LogP contribution in [0.1, 0.15) is 38.5 Å². The van der Waals surface area contributed by atoms with Gasteiger partial charge in [0.05, 0.1) is 12.6 Å². The minimum Gasteiger partial charge on any atom is -0.400 e. The zero-order chi connectivity index (χ0) is 14.3. The van der Waals surface area contributed by atoms with Gasteiger partial charge in [0.15, 0.2) is 6.23 Å². The predicted molar refractivity (Wildman–Crippen MR) is 74.5 cm³/mol. The van der Waals surface area contributed by atoms with Crippen LogP contribution in [-0.4, -0.2) is 35.7 Å². The molecule has 1 N–H and O–H groups in total. The summed E-state index contributed by atoms with van der Waals surface area (Å²) < 4.78 is 5.78. The summed E-state index contributed by atoms with van der Waals surface area (Å²) in [5.74, 6) is 0.0924. The van der Waals surface area contributed by atoms with Crippen LogP contribution in [0, 0.1) is 0 Å². The van der Waals surface area contributed by atoms with Gasteiger partial charge in [-0.05, 0) is 6.42 Å². The number of hydrogen-bond donors (Lipinski definition) is 1. The second kappa shape index (κ2) is 7.92. The monoisotopic (exact) mass is 265 g/mol. The Morgan fingerprint density at radius 2 is 2.00 bits per heavy atom. The van der Waals surface area contributed by atoms with E-state index in [9.17, 15) is 4.79 Å². The van der Waals surface area contributed by atoms with Gasteiger partial charge in [-0.1, -0.05) is 43.7 Å². The first-order valence-corrected chi connectivity index (χ1v) is 6.64. The topological polar surface area (TPSA) is 49.8 Å². The molecule has 1 heterocycles. The van der Waals surface area contributed by atoms with E-state index in [1.54, 1.807) is 6.92 Å². The third-order valence-corrected chi connectivity index (χ3v) is 3.16. The van der Waals surface area contributed by atoms with Crippen LogP contribution in [0.5, 0.6) is 0 Å². The lowest BCUT2D eigenvalue weighted by Gasteiger charge is -2.27. The molecule has 1 aromatic rings. The van der Waals surface area contributed by atoms with Crippen molar-refractivity contribution in [2.24, 2.45) is 0 Å². The molecule has 1 aromatic carbocycles. The Labute approximate surface area is 115 Å². The van der Waals surface area contributed by atoms with Crippen LogP contribution in [0.4, 0.5) is 0 Å². The Balaban J connectivity index is 0.000000861. The van der Waals surface area contributed by atoms with Crippen LogP contribution in [0.15, 0.2) is 30.3 Å². The van der Waals surface area contributed by atoms with Crippen molar-refractivity contribution in [2.45, 2.75) is 39.0 Å². The first-order valence-electron chi connectivity index (χ1n) is 6.64.